The Balaban J connectivity index is 1.54. The lowest BCUT2D eigenvalue weighted by atomic mass is 9.58. The quantitative estimate of drug-likeness (QED) is 0.262. The lowest BCUT2D eigenvalue weighted by molar-refractivity contribution is -0.122. The number of nitrogens with zero attached hydrogens (tertiary/aromatic N) is 1. The number of aliphatic hydroxyl groups is 1. The largest absolute Gasteiger partial charge is 0.388 e. The number of aliphatic hydroxyl groups excluding tert-OH is 1. The summed E-state index contributed by atoms with van der Waals surface area (Å²) in [4.78, 5) is 3.92. The molecule has 2 aromatic rings. The van der Waals surface area contributed by atoms with E-state index >= 15 is 0 Å². The van der Waals surface area contributed by atoms with E-state index in [0.29, 0.717) is 38.0 Å². The van der Waals surface area contributed by atoms with Crippen LogP contribution in [0.2, 0.25) is 0 Å². The van der Waals surface area contributed by atoms with Crippen LogP contribution in [0, 0.1) is 5.41 Å². The third kappa shape index (κ3) is 4.11. The molecule has 1 saturated heterocycles. The molecule has 3 heterocycles. The second kappa shape index (κ2) is 8.24. The van der Waals surface area contributed by atoms with Crippen LogP contribution >= 0.6 is 26.4 Å². The van der Waals surface area contributed by atoms with E-state index < -0.39 is 49.1 Å². The zero-order chi connectivity index (χ0) is 27.2. The molecule has 0 amide bonds. The minimum absolute atomic E-state index is 0.0422. The molecule has 0 radical (unpaired) electrons. The molecule has 4 aliphatic rings. The highest BCUT2D eigenvalue weighted by Crippen LogP contribution is 3.07. The molecule has 2 fully saturated rings. The molecule has 2 aliphatic carbocycles. The van der Waals surface area contributed by atoms with Crippen LogP contribution in [0.4, 0.5) is 15.5 Å². The van der Waals surface area contributed by atoms with Crippen LogP contribution in [0.5, 0.6) is 0 Å². The Bertz CT molecular complexity index is 1320. The van der Waals surface area contributed by atoms with Gasteiger partial charge in [0.25, 0.3) is 0 Å². The van der Waals surface area contributed by atoms with Crippen molar-refractivity contribution in [3.05, 3.63) is 57.9 Å². The lowest BCUT2D eigenvalue weighted by Crippen LogP contribution is -2.40. The van der Waals surface area contributed by atoms with Crippen molar-refractivity contribution in [2.45, 2.75) is 87.4 Å². The first-order chi connectivity index (χ1) is 17.7. The van der Waals surface area contributed by atoms with E-state index in [9.17, 15) is 20.6 Å². The Kier molecular flexibility index (Phi) is 5.88. The molecule has 38 heavy (non-hydrogen) atoms. The molecule has 2 atom stereocenters. The minimum atomic E-state index is -8.33. The van der Waals surface area contributed by atoms with E-state index in [1.54, 1.807) is 0 Å². The van der Waals surface area contributed by atoms with Gasteiger partial charge in [0.2, 0.25) is 7.01 Å². The summed E-state index contributed by atoms with van der Waals surface area (Å²) in [6, 6.07) is 4.36. The Labute approximate surface area is 229 Å². The van der Waals surface area contributed by atoms with Crippen molar-refractivity contribution in [1.29, 1.82) is 0 Å². The molecule has 10 heteroatoms. The molecule has 1 N–H and O–H groups in total. The van der Waals surface area contributed by atoms with Crippen LogP contribution in [-0.4, -0.2) is 27.8 Å². The third-order valence-corrected chi connectivity index (χ3v) is 15.9. The van der Waals surface area contributed by atoms with Gasteiger partial charge < -0.3 is 14.6 Å². The maximum Gasteiger partial charge on any atom is 0.223 e. The predicted octanol–water partition coefficient (Wildman–Crippen LogP) is 8.57. The topological polar surface area (TPSA) is 51.6 Å². The molecule has 6 rings (SSSR count). The normalized spacial score (nSPS) is 27.5. The van der Waals surface area contributed by atoms with Gasteiger partial charge in [-0.15, -0.1) is 15.5 Å². The first-order valence-electron chi connectivity index (χ1n) is 13.2. The fraction of sp³-hybridized carbons (Fsp3) is 0.571. The monoisotopic (exact) mass is 667 g/mol. The standard InChI is InChI=1S/C28H34F4INO3S/c1-17(2)25-23-24(22-20(34-25)15-27(9-4-10-27)16-21(22)35)28(11-13-36-14-12-28)37-26(23)18-5-7-19(8-6-18)38(29,30,31,32)33-3/h5-8,17,21,26,35H,3-4,9-16H2,1-2H3/t21?,26-/m1/s1. The van der Waals surface area contributed by atoms with Crippen molar-refractivity contribution >= 4 is 30.9 Å². The van der Waals surface area contributed by atoms with Gasteiger partial charge in [-0.1, -0.05) is 36.9 Å². The van der Waals surface area contributed by atoms with E-state index in [0.717, 1.165) is 59.5 Å². The number of pyridine rings is 1. The lowest BCUT2D eigenvalue weighted by Gasteiger charge is -2.48. The maximum atomic E-state index is 14.5. The summed E-state index contributed by atoms with van der Waals surface area (Å²) in [5.41, 5.74) is 4.41. The number of rotatable bonds is 4. The predicted molar refractivity (Wildman–Crippen MR) is 150 cm³/mol. The Morgan fingerprint density at radius 2 is 1.71 bits per heavy atom. The number of fused-ring (bicyclic) bond motifs is 4. The van der Waals surface area contributed by atoms with Gasteiger partial charge in [0.1, 0.15) is 6.10 Å². The number of benzene rings is 1. The zero-order valence-corrected chi connectivity index (χ0v) is 24.6. The molecule has 2 aliphatic heterocycles. The third-order valence-electron chi connectivity index (χ3n) is 9.05. The molecule has 4 nitrogen and oxygen atoms in total. The van der Waals surface area contributed by atoms with Gasteiger partial charge in [-0.05, 0) is 60.3 Å². The van der Waals surface area contributed by atoms with Crippen molar-refractivity contribution in [1.82, 2.24) is 4.98 Å². The zero-order valence-electron chi connectivity index (χ0n) is 21.6. The fourth-order valence-electron chi connectivity index (χ4n) is 6.98. The van der Waals surface area contributed by atoms with Crippen LogP contribution in [-0.2, 0) is 21.5 Å². The second-order valence-corrected chi connectivity index (χ2v) is 21.6. The van der Waals surface area contributed by atoms with Crippen molar-refractivity contribution in [2.75, 3.05) is 13.2 Å². The number of hydrogen-bond acceptors (Lipinski definition) is 4. The minimum Gasteiger partial charge on any atom is -0.388 e. The molecular weight excluding hydrogens is 633 g/mol. The summed E-state index contributed by atoms with van der Waals surface area (Å²) >= 11 is -2.88. The second-order valence-electron chi connectivity index (χ2n) is 11.8. The molecule has 1 unspecified atom stereocenters. The molecule has 1 saturated carbocycles. The molecule has 1 aromatic heterocycles. The Morgan fingerprint density at radius 1 is 1.05 bits per heavy atom. The van der Waals surface area contributed by atoms with Crippen molar-refractivity contribution in [3.63, 3.8) is 0 Å². The summed E-state index contributed by atoms with van der Waals surface area (Å²) < 4.78 is 73.4. The van der Waals surface area contributed by atoms with Crippen LogP contribution in [0.1, 0.15) is 104 Å². The Hall–Kier alpha value is -1.08. The highest BCUT2D eigenvalue weighted by molar-refractivity contribution is 14.2. The first-order valence-corrected chi connectivity index (χ1v) is 19.3. The van der Waals surface area contributed by atoms with E-state index in [1.165, 1.54) is 18.6 Å². The van der Waals surface area contributed by atoms with Gasteiger partial charge in [-0.2, -0.15) is 0 Å². The van der Waals surface area contributed by atoms with Crippen molar-refractivity contribution < 1.29 is 30.1 Å². The number of ether oxygens (including phenoxy) is 2. The number of hydrogen-bond donors (Lipinski definition) is 1. The average Bonchev–Trinajstić information content (AvgIpc) is 3.16. The smallest absolute Gasteiger partial charge is 0.223 e. The summed E-state index contributed by atoms with van der Waals surface area (Å²) in [5.74, 6) is 0.0422. The van der Waals surface area contributed by atoms with Gasteiger partial charge in [0.15, 0.2) is 0 Å². The van der Waals surface area contributed by atoms with E-state index in [4.69, 9.17) is 14.5 Å². The summed E-state index contributed by atoms with van der Waals surface area (Å²) in [6.07, 6.45) is 4.75. The van der Waals surface area contributed by atoms with Crippen LogP contribution in [0.25, 0.3) is 0 Å². The molecular formula is C28H34F4INO3S. The van der Waals surface area contributed by atoms with Gasteiger partial charge >= 0.3 is 0 Å². The van der Waals surface area contributed by atoms with Gasteiger partial charge in [-0.3, -0.25) is 4.98 Å². The summed E-state index contributed by atoms with van der Waals surface area (Å²) in [6.45, 7) is 5.11. The summed E-state index contributed by atoms with van der Waals surface area (Å²) in [7, 11) is -8.33. The van der Waals surface area contributed by atoms with Gasteiger partial charge in [0.05, 0.1) is 16.6 Å². The van der Waals surface area contributed by atoms with E-state index in [1.807, 2.05) is 0 Å². The van der Waals surface area contributed by atoms with Crippen molar-refractivity contribution in [3.8, 4) is 0 Å². The highest BCUT2D eigenvalue weighted by Gasteiger charge is 2.62. The van der Waals surface area contributed by atoms with E-state index in [-0.39, 0.29) is 11.3 Å². The fourth-order valence-corrected chi connectivity index (χ4v) is 9.72. The molecule has 0 bridgehead atoms. The van der Waals surface area contributed by atoms with Crippen molar-refractivity contribution in [2.24, 2.45) is 5.41 Å². The highest BCUT2D eigenvalue weighted by atomic mass is 127. The number of aromatic nitrogens is 1. The van der Waals surface area contributed by atoms with Crippen LogP contribution in [0.3, 0.4) is 0 Å². The molecule has 2 spiro atoms. The van der Waals surface area contributed by atoms with Gasteiger partial charge in [-0.25, -0.2) is 0 Å². The average molecular weight is 668 g/mol. The summed E-state index contributed by atoms with van der Waals surface area (Å²) in [5, 5.41) is 11.5. The molecule has 210 valence electrons. The first kappa shape index (κ1) is 27.1. The number of halogens is 5. The van der Waals surface area contributed by atoms with E-state index in [2.05, 4.69) is 18.4 Å². The van der Waals surface area contributed by atoms with Gasteiger partial charge in [0, 0.05) is 67.9 Å². The Morgan fingerprint density at radius 3 is 2.26 bits per heavy atom. The van der Waals surface area contributed by atoms with Crippen LogP contribution in [0.15, 0.2) is 29.2 Å². The van der Waals surface area contributed by atoms with Crippen LogP contribution < -0.4 is 0 Å². The SMILES string of the molecule is C=IS(F)(F)(F)(F)c1ccc([C@H]2OC3(CCOCC3)c3c4c(nc(C(C)C)c32)CC2(CCC2)CC4O)cc1. The molecule has 1 aromatic carbocycles. The maximum absolute atomic E-state index is 14.5.